The normalized spacial score (nSPS) is 15.2. The second-order valence-corrected chi connectivity index (χ2v) is 10.2. The van der Waals surface area contributed by atoms with Crippen LogP contribution in [0.4, 0.5) is 19.5 Å². The molecular formula is C31H25F2N7O4. The highest BCUT2D eigenvalue weighted by Gasteiger charge is 2.50. The number of nitrogens with zero attached hydrogens (tertiary/aromatic N) is 5. The molecule has 222 valence electrons. The monoisotopic (exact) mass is 597 g/mol. The second kappa shape index (κ2) is 11.2. The lowest BCUT2D eigenvalue weighted by Gasteiger charge is -2.27. The first-order valence-corrected chi connectivity index (χ1v) is 13.5. The van der Waals surface area contributed by atoms with E-state index in [4.69, 9.17) is 5.73 Å². The standard InChI is InChI=1S/C31H25F2N7O4/c1-44-30(43)37-29-35-14-20-16-39(17-25(20)36-29)26(41)19-4-2-3-18(13-19)15-40-27(42)31(38-28(40)34,21-5-9-23(32)10-6-21)22-7-11-24(33)12-8-22/h2-14H,15-17H2,1H3,(H2,34,38)(H,35,36,37,43). The third-order valence-electron chi connectivity index (χ3n) is 7.49. The summed E-state index contributed by atoms with van der Waals surface area (Å²) in [5, 5.41) is 2.41. The molecule has 1 aromatic heterocycles. The second-order valence-electron chi connectivity index (χ2n) is 10.2. The quantitative estimate of drug-likeness (QED) is 0.345. The summed E-state index contributed by atoms with van der Waals surface area (Å²) in [4.78, 5) is 54.9. The van der Waals surface area contributed by atoms with E-state index in [0.29, 0.717) is 27.9 Å². The maximum atomic E-state index is 14.1. The number of benzene rings is 3. The van der Waals surface area contributed by atoms with E-state index in [1.54, 1.807) is 35.4 Å². The smallest absolute Gasteiger partial charge is 0.413 e. The molecule has 3 N–H and O–H groups in total. The van der Waals surface area contributed by atoms with Gasteiger partial charge in [0.05, 0.1) is 25.9 Å². The van der Waals surface area contributed by atoms with E-state index in [0.717, 1.165) is 5.56 Å². The first-order chi connectivity index (χ1) is 21.2. The third-order valence-corrected chi connectivity index (χ3v) is 7.49. The largest absolute Gasteiger partial charge is 0.453 e. The molecule has 0 saturated carbocycles. The molecule has 3 aromatic carbocycles. The minimum absolute atomic E-state index is 0.00627. The number of aliphatic imine (C=N–C) groups is 1. The SMILES string of the molecule is COC(=O)Nc1ncc2c(n1)CN(C(=O)c1cccc(CN3C(=O)C(c4ccc(F)cc4)(c4ccc(F)cc4)N=C3N)c1)C2. The number of nitrogens with two attached hydrogens (primary N) is 1. The fraction of sp³-hybridized carbons (Fsp3) is 0.161. The van der Waals surface area contributed by atoms with Gasteiger partial charge in [-0.2, -0.15) is 0 Å². The van der Waals surface area contributed by atoms with Crippen molar-refractivity contribution < 1.29 is 27.9 Å². The maximum absolute atomic E-state index is 14.1. The summed E-state index contributed by atoms with van der Waals surface area (Å²) in [6.07, 6.45) is 0.842. The number of anilines is 1. The Kier molecular flexibility index (Phi) is 7.21. The average Bonchev–Trinajstić information content (AvgIpc) is 3.56. The number of ether oxygens (including phenoxy) is 1. The zero-order valence-corrected chi connectivity index (χ0v) is 23.3. The van der Waals surface area contributed by atoms with Crippen molar-refractivity contribution in [1.82, 2.24) is 19.8 Å². The number of aromatic nitrogens is 2. The Morgan fingerprint density at radius 3 is 2.30 bits per heavy atom. The Morgan fingerprint density at radius 1 is 1.00 bits per heavy atom. The van der Waals surface area contributed by atoms with Crippen molar-refractivity contribution >= 4 is 29.8 Å². The molecule has 4 aromatic rings. The molecule has 44 heavy (non-hydrogen) atoms. The topological polar surface area (TPSA) is 143 Å². The van der Waals surface area contributed by atoms with Crippen LogP contribution < -0.4 is 11.1 Å². The summed E-state index contributed by atoms with van der Waals surface area (Å²) >= 11 is 0. The van der Waals surface area contributed by atoms with Gasteiger partial charge < -0.3 is 15.4 Å². The van der Waals surface area contributed by atoms with Gasteiger partial charge in [0.1, 0.15) is 11.6 Å². The van der Waals surface area contributed by atoms with Gasteiger partial charge in [-0.3, -0.25) is 19.8 Å². The maximum Gasteiger partial charge on any atom is 0.413 e. The molecule has 0 saturated heterocycles. The predicted molar refractivity (Wildman–Crippen MR) is 154 cm³/mol. The number of carbonyl (C=O) groups excluding carboxylic acids is 3. The molecule has 11 nitrogen and oxygen atoms in total. The van der Waals surface area contributed by atoms with E-state index in [2.05, 4.69) is 25.0 Å². The van der Waals surface area contributed by atoms with Crippen molar-refractivity contribution in [2.45, 2.75) is 25.2 Å². The fourth-order valence-corrected chi connectivity index (χ4v) is 5.32. The molecule has 0 atom stereocenters. The molecule has 3 amide bonds. The summed E-state index contributed by atoms with van der Waals surface area (Å²) in [5.41, 5.74) is 7.72. The van der Waals surface area contributed by atoms with Gasteiger partial charge in [-0.15, -0.1) is 0 Å². The lowest BCUT2D eigenvalue weighted by Crippen LogP contribution is -2.43. The third kappa shape index (κ3) is 5.08. The molecule has 0 spiro atoms. The molecule has 6 rings (SSSR count). The predicted octanol–water partition coefficient (Wildman–Crippen LogP) is 3.69. The highest BCUT2D eigenvalue weighted by Crippen LogP contribution is 2.40. The number of fused-ring (bicyclic) bond motifs is 1. The summed E-state index contributed by atoms with van der Waals surface area (Å²) in [6, 6.07) is 17.4. The molecule has 0 aliphatic carbocycles. The highest BCUT2D eigenvalue weighted by molar-refractivity contribution is 6.09. The van der Waals surface area contributed by atoms with E-state index < -0.39 is 29.2 Å². The Balaban J connectivity index is 1.23. The molecule has 0 unspecified atom stereocenters. The number of hydrogen-bond donors (Lipinski definition) is 2. The zero-order chi connectivity index (χ0) is 31.0. The van der Waals surface area contributed by atoms with Crippen molar-refractivity contribution in [2.24, 2.45) is 10.7 Å². The molecule has 2 aliphatic heterocycles. The number of rotatable bonds is 6. The Hall–Kier alpha value is -5.72. The number of hydrogen-bond acceptors (Lipinski definition) is 8. The van der Waals surface area contributed by atoms with E-state index in [-0.39, 0.29) is 37.4 Å². The number of methoxy groups -OCH3 is 1. The lowest BCUT2D eigenvalue weighted by molar-refractivity contribution is -0.130. The van der Waals surface area contributed by atoms with E-state index in [9.17, 15) is 23.2 Å². The van der Waals surface area contributed by atoms with E-state index in [1.807, 2.05) is 0 Å². The first-order valence-electron chi connectivity index (χ1n) is 13.5. The van der Waals surface area contributed by atoms with Gasteiger partial charge in [0.2, 0.25) is 5.95 Å². The first kappa shape index (κ1) is 28.4. The molecular weight excluding hydrogens is 572 g/mol. The van der Waals surface area contributed by atoms with Gasteiger partial charge in [0.25, 0.3) is 11.8 Å². The molecule has 0 bridgehead atoms. The molecule has 13 heteroatoms. The Morgan fingerprint density at radius 2 is 1.66 bits per heavy atom. The van der Waals surface area contributed by atoms with Crippen LogP contribution in [-0.4, -0.2) is 50.7 Å². The van der Waals surface area contributed by atoms with Gasteiger partial charge in [-0.1, -0.05) is 36.4 Å². The van der Waals surface area contributed by atoms with Crippen molar-refractivity contribution in [3.63, 3.8) is 0 Å². The van der Waals surface area contributed by atoms with Crippen LogP contribution in [0.3, 0.4) is 0 Å². The van der Waals surface area contributed by atoms with Crippen LogP contribution in [0.2, 0.25) is 0 Å². The zero-order valence-electron chi connectivity index (χ0n) is 23.3. The van der Waals surface area contributed by atoms with Crippen LogP contribution in [0.15, 0.2) is 84.0 Å². The van der Waals surface area contributed by atoms with Crippen LogP contribution >= 0.6 is 0 Å². The molecule has 2 aliphatic rings. The van der Waals surface area contributed by atoms with Crippen LogP contribution in [0.1, 0.15) is 38.3 Å². The molecule has 3 heterocycles. The number of amides is 3. The Labute approximate surface area is 250 Å². The van der Waals surface area contributed by atoms with E-state index in [1.165, 1.54) is 60.5 Å². The summed E-state index contributed by atoms with van der Waals surface area (Å²) in [5.74, 6) is -1.77. The van der Waals surface area contributed by atoms with Crippen LogP contribution in [0.25, 0.3) is 0 Å². The molecule has 0 radical (unpaired) electrons. The van der Waals surface area contributed by atoms with Gasteiger partial charge in [0.15, 0.2) is 11.5 Å². The van der Waals surface area contributed by atoms with Crippen LogP contribution in [0.5, 0.6) is 0 Å². The number of guanidine groups is 1. The van der Waals surface area contributed by atoms with Gasteiger partial charge in [0, 0.05) is 23.9 Å². The summed E-state index contributed by atoms with van der Waals surface area (Å²) < 4.78 is 32.2. The minimum atomic E-state index is -1.65. The minimum Gasteiger partial charge on any atom is -0.453 e. The fourth-order valence-electron chi connectivity index (χ4n) is 5.32. The highest BCUT2D eigenvalue weighted by atomic mass is 19.1. The number of halogens is 2. The average molecular weight is 598 g/mol. The van der Waals surface area contributed by atoms with Crippen LogP contribution in [-0.2, 0) is 34.7 Å². The van der Waals surface area contributed by atoms with Gasteiger partial charge in [-0.25, -0.2) is 28.5 Å². The number of nitrogens with one attached hydrogen (secondary N) is 1. The van der Waals surface area contributed by atoms with Gasteiger partial charge >= 0.3 is 6.09 Å². The van der Waals surface area contributed by atoms with E-state index >= 15 is 0 Å². The number of carbonyl (C=O) groups is 3. The Bertz CT molecular complexity index is 1770. The summed E-state index contributed by atoms with van der Waals surface area (Å²) in [6.45, 7) is 0.478. The summed E-state index contributed by atoms with van der Waals surface area (Å²) in [7, 11) is 1.23. The van der Waals surface area contributed by atoms with Crippen molar-refractivity contribution in [3.8, 4) is 0 Å². The lowest BCUT2D eigenvalue weighted by atomic mass is 9.82. The molecule has 0 fully saturated rings. The van der Waals surface area contributed by atoms with Gasteiger partial charge in [-0.05, 0) is 53.1 Å². The van der Waals surface area contributed by atoms with Crippen molar-refractivity contribution in [2.75, 3.05) is 12.4 Å². The van der Waals surface area contributed by atoms with Crippen LogP contribution in [0, 0.1) is 11.6 Å². The van der Waals surface area contributed by atoms with Crippen molar-refractivity contribution in [3.05, 3.63) is 124 Å². The van der Waals surface area contributed by atoms with Crippen molar-refractivity contribution in [1.29, 1.82) is 0 Å².